The molecule has 20 aromatic rings. The number of hydrogen-bond acceptors (Lipinski definition) is 31. The maximum absolute atomic E-state index is 13.2. The Kier molecular flexibility index (Phi) is 24.8. The van der Waals surface area contributed by atoms with Crippen LogP contribution in [0.1, 0.15) is 166 Å². The maximum Gasteiger partial charge on any atom is 0.257 e. The van der Waals surface area contributed by atoms with Crippen LogP contribution in [0.25, 0.3) is 112 Å². The Balaban J connectivity index is 0.0000000998. The van der Waals surface area contributed by atoms with Crippen molar-refractivity contribution in [3.63, 3.8) is 0 Å². The third-order valence-corrected chi connectivity index (χ3v) is 28.7. The van der Waals surface area contributed by atoms with Crippen molar-refractivity contribution in [1.82, 2.24) is 143 Å². The van der Waals surface area contributed by atoms with E-state index in [1.165, 1.54) is 44.0 Å². The maximum atomic E-state index is 13.2. The zero-order valence-electron chi connectivity index (χ0n) is 82.8. The van der Waals surface area contributed by atoms with Crippen molar-refractivity contribution < 1.29 is 47.4 Å². The number of halogens is 1. The van der Waals surface area contributed by atoms with E-state index in [2.05, 4.69) is 169 Å². The van der Waals surface area contributed by atoms with Gasteiger partial charge in [0.25, 0.3) is 29.5 Å². The molecule has 0 saturated heterocycles. The Morgan fingerprint density at radius 1 is 0.380 bits per heavy atom. The van der Waals surface area contributed by atoms with Crippen molar-refractivity contribution in [2.45, 2.75) is 169 Å². The lowest BCUT2D eigenvalue weighted by atomic mass is 9.89. The summed E-state index contributed by atoms with van der Waals surface area (Å²) in [5.74, 6) is 3.58. The van der Waals surface area contributed by atoms with Gasteiger partial charge in [0.15, 0.2) is 45.9 Å². The number of hydrogen-bond donors (Lipinski definition) is 13. The van der Waals surface area contributed by atoms with E-state index in [-0.39, 0.29) is 65.9 Å². The normalized spacial score (nSPS) is 18.9. The Morgan fingerprint density at radius 3 is 1.12 bits per heavy atom. The summed E-state index contributed by atoms with van der Waals surface area (Å²) in [6.07, 6.45) is 39.7. The number of aliphatic hydroxyl groups excluding tert-OH is 1. The molecule has 19 aromatic heterocycles. The van der Waals surface area contributed by atoms with Gasteiger partial charge in [-0.05, 0) is 151 Å². The number of fused-ring (bicyclic) bond motifs is 10. The Bertz CT molecular complexity index is 8450. The first-order valence-corrected chi connectivity index (χ1v) is 50.3. The van der Waals surface area contributed by atoms with Crippen molar-refractivity contribution in [3.8, 4) is 33.8 Å². The number of aromatic nitrogens is 24. The molecule has 46 heteroatoms. The lowest BCUT2D eigenvalue weighted by Gasteiger charge is -2.35. The van der Waals surface area contributed by atoms with E-state index >= 15 is 0 Å². The number of carbonyl (C=O) groups excluding carboxylic acids is 5. The molecule has 8 aliphatic rings. The monoisotopic (exact) mass is 2020 g/mol. The SMILES string of the molecule is CNc1cc(-c2cn(C3CC3)c3ncccc23)nc2c(C(=O)NC3CC3)cnn12.CNc1cc(-c2cn(C3CC3)c3ncccc23)nc2c(C(=O)N[C@@H]3C[C@@H]3F)cnn12.CNc1cc(-c2cn(C3CC3)c3ncccc23)nc2c(C(=O)N[C@H]3CC[C@H]3O)cnn12.CNc1cc(Nc2cccc3ocnc23)nc2c(C(=O)NC3CCC3OC)cnn12.CNc1cc(Nc2cccn3ccnc23)nc2c(C(=O)N[C@H]3CC[C@@H]3OC)cnn12. The van der Waals surface area contributed by atoms with Gasteiger partial charge in [0.1, 0.15) is 97.2 Å². The largest absolute Gasteiger partial charge is 0.443 e. The zero-order valence-corrected chi connectivity index (χ0v) is 82.8. The summed E-state index contributed by atoms with van der Waals surface area (Å²) >= 11 is 0. The number of anilines is 9. The molecular weight excluding hydrogens is 1920 g/mol. The number of amides is 5. The molecule has 0 spiro atoms. The third-order valence-electron chi connectivity index (χ3n) is 28.7. The van der Waals surface area contributed by atoms with Gasteiger partial charge < -0.3 is 101 Å². The quantitative estimate of drug-likeness (QED) is 0.0227. The molecule has 28 rings (SSSR count). The Morgan fingerprint density at radius 2 is 0.753 bits per heavy atom. The molecule has 8 atom stereocenters. The number of para-hydroxylation sites is 1. The molecule has 8 aliphatic carbocycles. The molecule has 0 radical (unpaired) electrons. The van der Waals surface area contributed by atoms with Gasteiger partial charge in [-0.15, -0.1) is 0 Å². The highest BCUT2D eigenvalue weighted by Crippen LogP contribution is 2.46. The second-order valence-electron chi connectivity index (χ2n) is 38.5. The number of carbonyl (C=O) groups is 5. The van der Waals surface area contributed by atoms with Crippen LogP contribution in [0.15, 0.2) is 195 Å². The van der Waals surface area contributed by atoms with Crippen LogP contribution in [-0.2, 0) is 9.47 Å². The molecule has 0 aliphatic heterocycles. The predicted octanol–water partition coefficient (Wildman–Crippen LogP) is 13.0. The minimum Gasteiger partial charge on any atom is -0.443 e. The molecule has 5 amide bonds. The fourth-order valence-electron chi connectivity index (χ4n) is 19.4. The van der Waals surface area contributed by atoms with Gasteiger partial charge in [-0.25, -0.2) is 54.2 Å². The van der Waals surface area contributed by atoms with E-state index in [1.54, 1.807) is 76.5 Å². The molecule has 1 aromatic carbocycles. The van der Waals surface area contributed by atoms with Crippen molar-refractivity contribution >= 4 is 160 Å². The predicted molar refractivity (Wildman–Crippen MR) is 560 cm³/mol. The van der Waals surface area contributed by atoms with E-state index in [0.29, 0.717) is 127 Å². The number of nitrogens with zero attached hydrogens (tertiary/aromatic N) is 24. The van der Waals surface area contributed by atoms with Crippen molar-refractivity contribution in [1.29, 1.82) is 0 Å². The van der Waals surface area contributed by atoms with Crippen LogP contribution in [0.4, 0.5) is 56.5 Å². The fourth-order valence-corrected chi connectivity index (χ4v) is 19.4. The first-order valence-electron chi connectivity index (χ1n) is 50.3. The molecule has 2 unspecified atom stereocenters. The molecule has 764 valence electrons. The fraction of sp³-hybridized carbons (Fsp3) is 0.327. The Hall–Kier alpha value is -17.7. The summed E-state index contributed by atoms with van der Waals surface area (Å²) in [6, 6.07) is 32.1. The lowest BCUT2D eigenvalue weighted by Crippen LogP contribution is -2.51. The summed E-state index contributed by atoms with van der Waals surface area (Å²) < 4.78 is 46.1. The smallest absolute Gasteiger partial charge is 0.257 e. The number of nitrogens with one attached hydrogen (secondary N) is 12. The highest BCUT2D eigenvalue weighted by Gasteiger charge is 2.41. The zero-order chi connectivity index (χ0) is 102. The molecule has 8 fully saturated rings. The number of oxazole rings is 1. The van der Waals surface area contributed by atoms with Crippen molar-refractivity contribution in [2.75, 3.05) is 86.7 Å². The minimum absolute atomic E-state index is 0.00676. The number of methoxy groups -OCH3 is 2. The molecule has 19 heterocycles. The number of pyridine rings is 4. The van der Waals surface area contributed by atoms with Crippen molar-refractivity contribution in [3.05, 3.63) is 218 Å². The molecule has 8 saturated carbocycles. The van der Waals surface area contributed by atoms with Gasteiger partial charge in [-0.1, -0.05) is 6.07 Å². The Labute approximate surface area is 852 Å². The summed E-state index contributed by atoms with van der Waals surface area (Å²) in [6.45, 7) is 0. The summed E-state index contributed by atoms with van der Waals surface area (Å²) in [7, 11) is 12.4. The van der Waals surface area contributed by atoms with Crippen LogP contribution in [-0.4, -0.2) is 255 Å². The molecule has 13 N–H and O–H groups in total. The highest BCUT2D eigenvalue weighted by atomic mass is 19.1. The van der Waals surface area contributed by atoms with Crippen molar-refractivity contribution in [2.24, 2.45) is 0 Å². The van der Waals surface area contributed by atoms with Crippen LogP contribution >= 0.6 is 0 Å². The molecule has 150 heavy (non-hydrogen) atoms. The lowest BCUT2D eigenvalue weighted by molar-refractivity contribution is 0.00731. The van der Waals surface area contributed by atoms with Crippen LogP contribution in [0.3, 0.4) is 0 Å². The van der Waals surface area contributed by atoms with Gasteiger partial charge in [0, 0.05) is 199 Å². The van der Waals surface area contributed by atoms with E-state index < -0.39 is 18.3 Å². The van der Waals surface area contributed by atoms with E-state index in [1.807, 2.05) is 128 Å². The summed E-state index contributed by atoms with van der Waals surface area (Å²) in [5, 5.41) is 71.7. The standard InChI is InChI=1S/C22H23N7O2.C21H20FN7O.C21H21N7O.C20H22N8O2.C20H21N7O3/c1-23-19-9-17(15-11-28(12-4-5-12)20-13(15)3-2-8-24-20)26-21-14(10-25-29(19)21)22(31)27-16-6-7-18(16)30;1-23-18-8-16(14-10-28(11-4-5-11)19-12(14)3-2-6-24-19)26-20-13(9-25-29(18)20)21(30)27-17-7-15(17)22;1-22-18-9-17(16-11-27(13-6-7-13)19-14(16)3-2-8-23-19)26-20-15(10-24-28(18)20)21(29)25-12-4-5-12;1-21-17-10-16(24-14-4-3-8-27-9-7-22-19(14)27)26-18-12(11-23-28(17)18)20(29)25-13-5-6-15(13)30-2;1-21-17-8-16(24-13-4-3-5-15-18(13)22-10-30-15)26-19-11(9-23-27(17)19)20(28)25-12-6-7-14(12)29-2/h2-3,8-12,16,18,23,30H,4-7H2,1H3,(H,27,31);2-3,6,8-11,15,17,23H,4-5,7H2,1H3,(H,27,30);2-3,8-13,22H,4-7H2,1H3,(H,25,29);3-4,7-11,13,15,21H,5-6H2,1-2H3,(H,24,26)(H,25,29);3-5,8-10,12,14,21H,6-7H2,1-2H3,(H,24,26)(H,25,28)/t16-,18+;15-,17+;;13-,15-;/m00.0./s1. The third kappa shape index (κ3) is 18.1. The summed E-state index contributed by atoms with van der Waals surface area (Å²) in [5.41, 5.74) is 16.3. The number of benzene rings is 1. The summed E-state index contributed by atoms with van der Waals surface area (Å²) in [4.78, 5) is 110. The van der Waals surface area contributed by atoms with Gasteiger partial charge in [-0.2, -0.15) is 48.1 Å². The van der Waals surface area contributed by atoms with E-state index in [9.17, 15) is 33.5 Å². The van der Waals surface area contributed by atoms with Gasteiger partial charge in [0.05, 0.1) is 102 Å². The van der Waals surface area contributed by atoms with Crippen LogP contribution in [0.5, 0.6) is 0 Å². The van der Waals surface area contributed by atoms with Gasteiger partial charge in [0.2, 0.25) is 0 Å². The van der Waals surface area contributed by atoms with Gasteiger partial charge >= 0.3 is 0 Å². The highest BCUT2D eigenvalue weighted by molar-refractivity contribution is 6.06. The molecule has 0 bridgehead atoms. The van der Waals surface area contributed by atoms with Crippen LogP contribution in [0.2, 0.25) is 0 Å². The average molecular weight is 2020 g/mol. The van der Waals surface area contributed by atoms with Crippen LogP contribution in [0, 0.1) is 0 Å². The molecular formula is C104H107FN36O9. The topological polar surface area (TPSA) is 516 Å². The first kappa shape index (κ1) is 94.6. The minimum atomic E-state index is -0.965. The number of aliphatic hydroxyl groups is 1. The van der Waals surface area contributed by atoms with E-state index in [4.69, 9.17) is 28.8 Å². The van der Waals surface area contributed by atoms with Crippen LogP contribution < -0.4 is 63.8 Å². The molecule has 45 nitrogen and oxygen atoms in total. The number of ether oxygens (including phenoxy) is 2. The van der Waals surface area contributed by atoms with E-state index in [0.717, 1.165) is 166 Å². The number of imidazole rings is 1. The second kappa shape index (κ2) is 39.3. The average Bonchev–Trinajstić information content (AvgIpc) is 1.60. The second-order valence-corrected chi connectivity index (χ2v) is 38.5. The number of rotatable bonds is 27. The van der Waals surface area contributed by atoms with Gasteiger partial charge in [-0.3, -0.25) is 24.0 Å². The first-order chi connectivity index (χ1) is 73.3. The number of alkyl halides is 1.